The predicted molar refractivity (Wildman–Crippen MR) is 49.8 cm³/mol. The van der Waals surface area contributed by atoms with Gasteiger partial charge in [-0.1, -0.05) is 25.7 Å². The van der Waals surface area contributed by atoms with Crippen molar-refractivity contribution in [1.29, 1.82) is 0 Å². The maximum Gasteiger partial charge on any atom is 0.133 e. The molecular weight excluding hydrogens is 152 g/mol. The van der Waals surface area contributed by atoms with E-state index in [2.05, 4.69) is 6.92 Å². The third kappa shape index (κ3) is 9.63. The minimum Gasteiger partial charge on any atom is -0.396 e. The first-order valence-electron chi connectivity index (χ1n) is 4.73. The number of unbranched alkanes of at least 4 members (excludes halogenated alkanes) is 5. The maximum atomic E-state index is 10.4. The molecule has 1 radical (unpaired) electrons. The minimum atomic E-state index is 0.0466. The van der Waals surface area contributed by atoms with Gasteiger partial charge in [-0.3, -0.25) is 4.79 Å². The molecule has 2 heteroatoms. The van der Waals surface area contributed by atoms with Crippen LogP contribution in [0, 0.1) is 6.92 Å². The second kappa shape index (κ2) is 8.72. The van der Waals surface area contributed by atoms with Crippen molar-refractivity contribution < 1.29 is 9.90 Å². The monoisotopic (exact) mass is 171 g/mol. The Morgan fingerprint density at radius 2 is 1.50 bits per heavy atom. The Balaban J connectivity index is 2.86. The molecule has 1 N–H and O–H groups in total. The molecule has 2 nitrogen and oxygen atoms in total. The van der Waals surface area contributed by atoms with Crippen molar-refractivity contribution >= 4 is 5.78 Å². The minimum absolute atomic E-state index is 0.0466. The normalized spacial score (nSPS) is 10.2. The van der Waals surface area contributed by atoms with Crippen LogP contribution < -0.4 is 0 Å². The van der Waals surface area contributed by atoms with Crippen molar-refractivity contribution in [2.75, 3.05) is 6.61 Å². The number of Topliss-reactive ketones (excluding diaryl/α,β-unsaturated/α-hetero) is 1. The van der Waals surface area contributed by atoms with Crippen LogP contribution in [-0.4, -0.2) is 17.5 Å². The zero-order chi connectivity index (χ0) is 9.23. The van der Waals surface area contributed by atoms with E-state index in [4.69, 9.17) is 5.11 Å². The number of hydrogen-bond donors (Lipinski definition) is 1. The Hall–Kier alpha value is -0.370. The maximum absolute atomic E-state index is 10.4. The fraction of sp³-hybridized carbons (Fsp3) is 0.800. The molecule has 0 aromatic carbocycles. The van der Waals surface area contributed by atoms with E-state index >= 15 is 0 Å². The highest BCUT2D eigenvalue weighted by Gasteiger charge is 1.93. The van der Waals surface area contributed by atoms with Crippen molar-refractivity contribution in [2.24, 2.45) is 0 Å². The molecule has 0 aromatic rings. The van der Waals surface area contributed by atoms with E-state index in [0.717, 1.165) is 25.7 Å². The lowest BCUT2D eigenvalue weighted by Gasteiger charge is -1.98. The molecule has 71 valence electrons. The van der Waals surface area contributed by atoms with Gasteiger partial charge in [-0.15, -0.1) is 0 Å². The summed E-state index contributed by atoms with van der Waals surface area (Å²) in [5.74, 6) is 0.0466. The molecule has 0 aromatic heterocycles. The molecule has 0 amide bonds. The van der Waals surface area contributed by atoms with E-state index in [9.17, 15) is 4.79 Å². The van der Waals surface area contributed by atoms with Gasteiger partial charge in [0.05, 0.1) is 0 Å². The standard InChI is InChI=1S/C10H19O2/c1-10(12)8-6-4-2-3-5-7-9-11/h11H,1-9H2. The highest BCUT2D eigenvalue weighted by atomic mass is 16.2. The largest absolute Gasteiger partial charge is 0.396 e. The summed E-state index contributed by atoms with van der Waals surface area (Å²) in [7, 11) is 0. The summed E-state index contributed by atoms with van der Waals surface area (Å²) in [6, 6.07) is 0. The van der Waals surface area contributed by atoms with E-state index in [1.165, 1.54) is 12.8 Å². The number of ketones is 1. The molecule has 0 aliphatic rings. The molecule has 0 atom stereocenters. The number of hydrogen-bond acceptors (Lipinski definition) is 2. The lowest BCUT2D eigenvalue weighted by molar-refractivity contribution is -0.114. The lowest BCUT2D eigenvalue weighted by atomic mass is 10.1. The fourth-order valence-corrected chi connectivity index (χ4v) is 1.14. The van der Waals surface area contributed by atoms with Crippen LogP contribution in [0.4, 0.5) is 0 Å². The molecule has 0 saturated carbocycles. The van der Waals surface area contributed by atoms with Crippen molar-refractivity contribution in [3.05, 3.63) is 6.92 Å². The molecular formula is C10H19O2. The Bertz CT molecular complexity index is 110. The third-order valence-corrected chi connectivity index (χ3v) is 1.86. The van der Waals surface area contributed by atoms with Gasteiger partial charge in [0.1, 0.15) is 5.78 Å². The Morgan fingerprint density at radius 1 is 1.00 bits per heavy atom. The summed E-state index contributed by atoms with van der Waals surface area (Å²) >= 11 is 0. The van der Waals surface area contributed by atoms with Crippen molar-refractivity contribution in [1.82, 2.24) is 0 Å². The van der Waals surface area contributed by atoms with Gasteiger partial charge in [-0.2, -0.15) is 0 Å². The van der Waals surface area contributed by atoms with Gasteiger partial charge < -0.3 is 5.11 Å². The summed E-state index contributed by atoms with van der Waals surface area (Å²) in [6.45, 7) is 3.62. The first-order chi connectivity index (χ1) is 5.77. The molecule has 0 aliphatic heterocycles. The van der Waals surface area contributed by atoms with Gasteiger partial charge in [-0.25, -0.2) is 0 Å². The quantitative estimate of drug-likeness (QED) is 0.568. The van der Waals surface area contributed by atoms with Crippen LogP contribution >= 0.6 is 0 Å². The second-order valence-corrected chi connectivity index (χ2v) is 3.13. The highest BCUT2D eigenvalue weighted by Crippen LogP contribution is 2.06. The van der Waals surface area contributed by atoms with E-state index < -0.39 is 0 Å². The van der Waals surface area contributed by atoms with Gasteiger partial charge in [0.15, 0.2) is 0 Å². The van der Waals surface area contributed by atoms with Gasteiger partial charge in [0, 0.05) is 20.0 Å². The molecule has 0 rings (SSSR count). The van der Waals surface area contributed by atoms with E-state index in [-0.39, 0.29) is 5.78 Å². The number of rotatable bonds is 8. The van der Waals surface area contributed by atoms with E-state index in [1.54, 1.807) is 0 Å². The summed E-state index contributed by atoms with van der Waals surface area (Å²) < 4.78 is 0. The van der Waals surface area contributed by atoms with Crippen LogP contribution in [0.25, 0.3) is 0 Å². The molecule has 12 heavy (non-hydrogen) atoms. The van der Waals surface area contributed by atoms with Crippen LogP contribution in [-0.2, 0) is 4.79 Å². The van der Waals surface area contributed by atoms with Crippen LogP contribution in [0.1, 0.15) is 44.9 Å². The fourth-order valence-electron chi connectivity index (χ4n) is 1.14. The number of carbonyl (C=O) groups is 1. The Morgan fingerprint density at radius 3 is 2.00 bits per heavy atom. The molecule has 0 bridgehead atoms. The Labute approximate surface area is 75.0 Å². The van der Waals surface area contributed by atoms with Crippen LogP contribution in [0.5, 0.6) is 0 Å². The van der Waals surface area contributed by atoms with Gasteiger partial charge in [0.25, 0.3) is 0 Å². The molecule has 0 saturated heterocycles. The van der Waals surface area contributed by atoms with Gasteiger partial charge >= 0.3 is 0 Å². The number of carbonyl (C=O) groups excluding carboxylic acids is 1. The first-order valence-corrected chi connectivity index (χ1v) is 4.73. The molecule has 0 aliphatic carbocycles. The van der Waals surface area contributed by atoms with Crippen molar-refractivity contribution in [2.45, 2.75) is 44.9 Å². The summed E-state index contributed by atoms with van der Waals surface area (Å²) in [5, 5.41) is 8.49. The molecule has 0 fully saturated rings. The summed E-state index contributed by atoms with van der Waals surface area (Å²) in [5.41, 5.74) is 0. The third-order valence-electron chi connectivity index (χ3n) is 1.86. The van der Waals surface area contributed by atoms with Crippen LogP contribution in [0.3, 0.4) is 0 Å². The summed E-state index contributed by atoms with van der Waals surface area (Å²) in [4.78, 5) is 10.4. The second-order valence-electron chi connectivity index (χ2n) is 3.13. The zero-order valence-electron chi connectivity index (χ0n) is 7.72. The smallest absolute Gasteiger partial charge is 0.133 e. The Kier molecular flexibility index (Phi) is 8.46. The zero-order valence-corrected chi connectivity index (χ0v) is 7.72. The lowest BCUT2D eigenvalue weighted by Crippen LogP contribution is -1.90. The van der Waals surface area contributed by atoms with E-state index in [0.29, 0.717) is 13.0 Å². The molecule has 0 unspecified atom stereocenters. The first kappa shape index (κ1) is 11.6. The summed E-state index contributed by atoms with van der Waals surface area (Å²) in [6.07, 6.45) is 7.08. The van der Waals surface area contributed by atoms with Crippen molar-refractivity contribution in [3.63, 3.8) is 0 Å². The highest BCUT2D eigenvalue weighted by molar-refractivity contribution is 5.82. The van der Waals surface area contributed by atoms with Crippen LogP contribution in [0.15, 0.2) is 0 Å². The molecule has 0 heterocycles. The SMILES string of the molecule is [CH2]C(=O)CCCCCCCCO. The average Bonchev–Trinajstić information content (AvgIpc) is 2.02. The number of aliphatic hydroxyl groups is 1. The van der Waals surface area contributed by atoms with Gasteiger partial charge in [0.2, 0.25) is 0 Å². The van der Waals surface area contributed by atoms with Gasteiger partial charge in [-0.05, 0) is 12.8 Å². The topological polar surface area (TPSA) is 37.3 Å². The molecule has 0 spiro atoms. The predicted octanol–water partition coefficient (Wildman–Crippen LogP) is 2.11. The average molecular weight is 171 g/mol. The van der Waals surface area contributed by atoms with Crippen LogP contribution in [0.2, 0.25) is 0 Å². The van der Waals surface area contributed by atoms with E-state index in [1.807, 2.05) is 0 Å². The van der Waals surface area contributed by atoms with Crippen molar-refractivity contribution in [3.8, 4) is 0 Å². The number of aliphatic hydroxyl groups excluding tert-OH is 1.